The van der Waals surface area contributed by atoms with Crippen LogP contribution in [0.15, 0.2) is 24.3 Å². The summed E-state index contributed by atoms with van der Waals surface area (Å²) >= 11 is 0. The maximum Gasteiger partial charge on any atom is 0.410 e. The highest BCUT2D eigenvalue weighted by molar-refractivity contribution is 5.94. The van der Waals surface area contributed by atoms with Crippen LogP contribution in [0.3, 0.4) is 0 Å². The van der Waals surface area contributed by atoms with Crippen LogP contribution in [-0.2, 0) is 4.74 Å². The minimum Gasteiger partial charge on any atom is -0.444 e. The number of ether oxygens (including phenoxy) is 1. The van der Waals surface area contributed by atoms with E-state index in [2.05, 4.69) is 17.0 Å². The van der Waals surface area contributed by atoms with Gasteiger partial charge in [0.25, 0.3) is 5.91 Å². The second-order valence-corrected chi connectivity index (χ2v) is 11.2. The third-order valence-electron chi connectivity index (χ3n) is 7.58. The van der Waals surface area contributed by atoms with Gasteiger partial charge in [-0.05, 0) is 64.3 Å². The van der Waals surface area contributed by atoms with Gasteiger partial charge in [-0.25, -0.2) is 4.79 Å². The first kappa shape index (κ1) is 25.0. The molecular weight excluding hydrogens is 428 g/mol. The van der Waals surface area contributed by atoms with E-state index in [0.717, 1.165) is 25.6 Å². The molecule has 3 aliphatic rings. The fourth-order valence-corrected chi connectivity index (χ4v) is 5.67. The van der Waals surface area contributed by atoms with Gasteiger partial charge in [0.2, 0.25) is 0 Å². The molecule has 1 aromatic rings. The van der Waals surface area contributed by atoms with Crippen LogP contribution >= 0.6 is 0 Å². The van der Waals surface area contributed by atoms with Crippen molar-refractivity contribution in [1.29, 1.82) is 0 Å². The number of piperazine rings is 1. The van der Waals surface area contributed by atoms with Gasteiger partial charge in [0.15, 0.2) is 0 Å². The van der Waals surface area contributed by atoms with E-state index in [1.165, 1.54) is 37.7 Å². The summed E-state index contributed by atoms with van der Waals surface area (Å²) in [5, 5.41) is 0. The Morgan fingerprint density at radius 3 is 2.09 bits per heavy atom. The molecule has 2 N–H and O–H groups in total. The summed E-state index contributed by atoms with van der Waals surface area (Å²) in [7, 11) is 0. The second kappa shape index (κ2) is 10.6. The average molecular weight is 471 g/mol. The van der Waals surface area contributed by atoms with E-state index >= 15 is 0 Å². The molecule has 4 rings (SSSR count). The van der Waals surface area contributed by atoms with Gasteiger partial charge in [-0.3, -0.25) is 9.69 Å². The second-order valence-electron chi connectivity index (χ2n) is 11.2. The van der Waals surface area contributed by atoms with Crippen molar-refractivity contribution in [2.24, 2.45) is 5.73 Å². The fourth-order valence-electron chi connectivity index (χ4n) is 5.67. The molecule has 0 radical (unpaired) electrons. The van der Waals surface area contributed by atoms with Gasteiger partial charge in [0.1, 0.15) is 5.60 Å². The quantitative estimate of drug-likeness (QED) is 0.726. The van der Waals surface area contributed by atoms with Crippen molar-refractivity contribution in [2.75, 3.05) is 39.3 Å². The summed E-state index contributed by atoms with van der Waals surface area (Å²) in [5.41, 5.74) is 8.06. The highest BCUT2D eigenvalue weighted by Crippen LogP contribution is 2.31. The summed E-state index contributed by atoms with van der Waals surface area (Å²) in [4.78, 5) is 31.4. The van der Waals surface area contributed by atoms with Gasteiger partial charge in [0, 0.05) is 56.3 Å². The zero-order valence-electron chi connectivity index (χ0n) is 21.2. The number of benzene rings is 1. The molecule has 2 amide bonds. The molecule has 7 nitrogen and oxygen atoms in total. The summed E-state index contributed by atoms with van der Waals surface area (Å²) in [6.07, 6.45) is 7.49. The summed E-state index contributed by atoms with van der Waals surface area (Å²) < 4.78 is 5.45. The highest BCUT2D eigenvalue weighted by Gasteiger charge is 2.32. The lowest BCUT2D eigenvalue weighted by molar-refractivity contribution is 0.0141. The van der Waals surface area contributed by atoms with Gasteiger partial charge in [-0.15, -0.1) is 0 Å². The third kappa shape index (κ3) is 6.11. The molecule has 2 saturated heterocycles. The summed E-state index contributed by atoms with van der Waals surface area (Å²) in [5.74, 6) is 0.369. The average Bonchev–Trinajstić information content (AvgIpc) is 2.83. The number of piperidine rings is 1. The van der Waals surface area contributed by atoms with Crippen molar-refractivity contribution in [3.8, 4) is 0 Å². The lowest BCUT2D eigenvalue weighted by Gasteiger charge is -2.42. The molecule has 0 spiro atoms. The number of nitrogens with two attached hydrogens (primary N) is 1. The summed E-state index contributed by atoms with van der Waals surface area (Å²) in [6, 6.07) is 8.92. The molecule has 2 aliphatic heterocycles. The van der Waals surface area contributed by atoms with E-state index in [1.807, 2.05) is 37.8 Å². The number of carbonyl (C=O) groups is 2. The fraction of sp³-hybridized carbons (Fsp3) is 0.704. The normalized spacial score (nSPS) is 25.3. The predicted molar refractivity (Wildman–Crippen MR) is 134 cm³/mol. The molecule has 1 aromatic carbocycles. The standard InChI is InChI=1S/C27H42N4O3/c1-27(2,3)34-26(33)30-17-15-29(16-18-30)25(32)21-11-9-20(10-12-21)23-13-14-31(19-24(23)28)22-7-5-4-6-8-22/h9-12,22-24H,4-8,13-19,28H2,1-3H3. The molecule has 7 heteroatoms. The van der Waals surface area contributed by atoms with Crippen molar-refractivity contribution in [3.63, 3.8) is 0 Å². The van der Waals surface area contributed by atoms with Gasteiger partial charge >= 0.3 is 6.09 Å². The molecule has 1 saturated carbocycles. The lowest BCUT2D eigenvalue weighted by atomic mass is 9.83. The zero-order valence-corrected chi connectivity index (χ0v) is 21.2. The SMILES string of the molecule is CC(C)(C)OC(=O)N1CCN(C(=O)c2ccc(C3CCN(C4CCCCC4)CC3N)cc2)CC1. The minimum absolute atomic E-state index is 0.0202. The Bertz CT molecular complexity index is 836. The first-order chi connectivity index (χ1) is 16.2. The molecule has 0 bridgehead atoms. The predicted octanol–water partition coefficient (Wildman–Crippen LogP) is 3.83. The Labute approximate surface area is 204 Å². The molecule has 1 aliphatic carbocycles. The molecule has 3 fully saturated rings. The van der Waals surface area contributed by atoms with Crippen LogP contribution in [-0.4, -0.2) is 83.7 Å². The summed E-state index contributed by atoms with van der Waals surface area (Å²) in [6.45, 7) is 9.70. The maximum absolute atomic E-state index is 13.0. The number of carbonyl (C=O) groups excluding carboxylic acids is 2. The van der Waals surface area contributed by atoms with E-state index in [0.29, 0.717) is 37.7 Å². The van der Waals surface area contributed by atoms with Gasteiger partial charge in [0.05, 0.1) is 0 Å². The number of rotatable bonds is 3. The van der Waals surface area contributed by atoms with Crippen molar-refractivity contribution < 1.29 is 14.3 Å². The molecule has 2 heterocycles. The van der Waals surface area contributed by atoms with Crippen LogP contribution in [0, 0.1) is 0 Å². The van der Waals surface area contributed by atoms with Crippen LogP contribution in [0.2, 0.25) is 0 Å². The van der Waals surface area contributed by atoms with Crippen molar-refractivity contribution in [2.45, 2.75) is 82.9 Å². The van der Waals surface area contributed by atoms with E-state index in [4.69, 9.17) is 10.5 Å². The van der Waals surface area contributed by atoms with Crippen molar-refractivity contribution in [3.05, 3.63) is 35.4 Å². The number of nitrogens with zero attached hydrogens (tertiary/aromatic N) is 3. The van der Waals surface area contributed by atoms with Crippen molar-refractivity contribution in [1.82, 2.24) is 14.7 Å². The third-order valence-corrected chi connectivity index (χ3v) is 7.58. The topological polar surface area (TPSA) is 79.1 Å². The monoisotopic (exact) mass is 470 g/mol. The van der Waals surface area contributed by atoms with Crippen LogP contribution < -0.4 is 5.73 Å². The molecule has 2 atom stereocenters. The largest absolute Gasteiger partial charge is 0.444 e. The van der Waals surface area contributed by atoms with E-state index in [-0.39, 0.29) is 18.0 Å². The molecule has 188 valence electrons. The minimum atomic E-state index is -0.513. The lowest BCUT2D eigenvalue weighted by Crippen LogP contribution is -2.51. The van der Waals surface area contributed by atoms with E-state index < -0.39 is 5.60 Å². The van der Waals surface area contributed by atoms with Gasteiger partial charge < -0.3 is 20.3 Å². The molecule has 0 aromatic heterocycles. The van der Waals surface area contributed by atoms with Crippen molar-refractivity contribution >= 4 is 12.0 Å². The Balaban J connectivity index is 1.29. The number of likely N-dealkylation sites (tertiary alicyclic amines) is 1. The molecular formula is C27H42N4O3. The smallest absolute Gasteiger partial charge is 0.410 e. The highest BCUT2D eigenvalue weighted by atomic mass is 16.6. The number of hydrogen-bond donors (Lipinski definition) is 1. The first-order valence-corrected chi connectivity index (χ1v) is 13.1. The van der Waals surface area contributed by atoms with Crippen LogP contribution in [0.25, 0.3) is 0 Å². The first-order valence-electron chi connectivity index (χ1n) is 13.1. The van der Waals surface area contributed by atoms with Crippen LogP contribution in [0.1, 0.15) is 81.1 Å². The van der Waals surface area contributed by atoms with Gasteiger partial charge in [-0.1, -0.05) is 31.4 Å². The van der Waals surface area contributed by atoms with Crippen LogP contribution in [0.4, 0.5) is 4.79 Å². The molecule has 2 unspecified atom stereocenters. The zero-order chi connectivity index (χ0) is 24.3. The maximum atomic E-state index is 13.0. The molecule has 34 heavy (non-hydrogen) atoms. The Morgan fingerprint density at radius 1 is 0.882 bits per heavy atom. The van der Waals surface area contributed by atoms with E-state index in [1.54, 1.807) is 4.90 Å². The van der Waals surface area contributed by atoms with Gasteiger partial charge in [-0.2, -0.15) is 0 Å². The van der Waals surface area contributed by atoms with Crippen LogP contribution in [0.5, 0.6) is 0 Å². The Morgan fingerprint density at radius 2 is 1.50 bits per heavy atom. The Kier molecular flexibility index (Phi) is 7.83. The van der Waals surface area contributed by atoms with E-state index in [9.17, 15) is 9.59 Å². The number of hydrogen-bond acceptors (Lipinski definition) is 5. The Hall–Kier alpha value is -2.12. The number of amides is 2.